The first-order valence-electron chi connectivity index (χ1n) is 6.43. The number of thiophene rings is 1. The molecular formula is C15H19BrN2S. The molecule has 0 bridgehead atoms. The number of nitrogens with zero attached hydrogens (tertiary/aromatic N) is 1. The van der Waals surface area contributed by atoms with Gasteiger partial charge in [0.15, 0.2) is 0 Å². The van der Waals surface area contributed by atoms with Crippen molar-refractivity contribution in [3.63, 3.8) is 0 Å². The highest BCUT2D eigenvalue weighted by Crippen LogP contribution is 2.32. The van der Waals surface area contributed by atoms with E-state index in [1.165, 1.54) is 16.1 Å². The Balaban J connectivity index is 2.31. The van der Waals surface area contributed by atoms with Crippen molar-refractivity contribution in [2.75, 3.05) is 18.0 Å². The molecule has 1 aromatic carbocycles. The van der Waals surface area contributed by atoms with E-state index in [9.17, 15) is 0 Å². The van der Waals surface area contributed by atoms with Crippen molar-refractivity contribution in [3.8, 4) is 0 Å². The Morgan fingerprint density at radius 2 is 2.00 bits per heavy atom. The van der Waals surface area contributed by atoms with E-state index in [2.05, 4.69) is 70.4 Å². The molecule has 2 nitrogen and oxygen atoms in total. The number of aryl methyl sites for hydroxylation is 1. The molecule has 0 saturated heterocycles. The molecule has 0 aliphatic carbocycles. The zero-order chi connectivity index (χ0) is 13.8. The third-order valence-electron chi connectivity index (χ3n) is 3.22. The van der Waals surface area contributed by atoms with Crippen molar-refractivity contribution in [1.82, 2.24) is 0 Å². The van der Waals surface area contributed by atoms with Gasteiger partial charge >= 0.3 is 0 Å². The molecule has 0 amide bonds. The summed E-state index contributed by atoms with van der Waals surface area (Å²) in [6, 6.07) is 11.0. The third-order valence-corrected chi connectivity index (χ3v) is 5.02. The van der Waals surface area contributed by atoms with Crippen LogP contribution in [0.1, 0.15) is 23.4 Å². The molecule has 0 spiro atoms. The predicted molar refractivity (Wildman–Crippen MR) is 88.0 cm³/mol. The summed E-state index contributed by atoms with van der Waals surface area (Å²) in [7, 11) is 0. The lowest BCUT2D eigenvalue weighted by Crippen LogP contribution is -2.33. The van der Waals surface area contributed by atoms with Crippen molar-refractivity contribution in [1.29, 1.82) is 0 Å². The average Bonchev–Trinajstić information content (AvgIpc) is 2.83. The third kappa shape index (κ3) is 3.38. The lowest BCUT2D eigenvalue weighted by atomic mass is 10.1. The Labute approximate surface area is 127 Å². The van der Waals surface area contributed by atoms with Gasteiger partial charge in [-0.3, -0.25) is 0 Å². The zero-order valence-corrected chi connectivity index (χ0v) is 13.7. The number of hydrogen-bond donors (Lipinski definition) is 1. The van der Waals surface area contributed by atoms with Crippen LogP contribution in [0.5, 0.6) is 0 Å². The number of nitrogens with two attached hydrogens (primary N) is 1. The van der Waals surface area contributed by atoms with Crippen LogP contribution in [0.3, 0.4) is 0 Å². The van der Waals surface area contributed by atoms with E-state index in [1.54, 1.807) is 11.3 Å². The first-order chi connectivity index (χ1) is 9.15. The molecule has 1 heterocycles. The van der Waals surface area contributed by atoms with Crippen LogP contribution >= 0.6 is 27.3 Å². The molecule has 0 aliphatic rings. The molecule has 1 atom stereocenters. The highest BCUT2D eigenvalue weighted by atomic mass is 79.9. The molecule has 1 unspecified atom stereocenters. The van der Waals surface area contributed by atoms with E-state index < -0.39 is 0 Å². The smallest absolute Gasteiger partial charge is 0.0757 e. The Kier molecular flexibility index (Phi) is 5.02. The summed E-state index contributed by atoms with van der Waals surface area (Å²) in [4.78, 5) is 3.66. The molecule has 4 heteroatoms. The standard InChI is InChI=1S/C15H19BrN2S/c1-3-18(13-6-4-11(2)5-7-13)14(9-17)15-8-12(16)10-19-15/h4-8,10,14H,3,9,17H2,1-2H3. The van der Waals surface area contributed by atoms with E-state index >= 15 is 0 Å². The van der Waals surface area contributed by atoms with Gasteiger partial charge in [0.05, 0.1) is 6.04 Å². The quantitative estimate of drug-likeness (QED) is 0.878. The Bertz CT molecular complexity index is 521. The maximum Gasteiger partial charge on any atom is 0.0757 e. The monoisotopic (exact) mass is 338 g/mol. The Morgan fingerprint density at radius 1 is 1.32 bits per heavy atom. The van der Waals surface area contributed by atoms with Crippen LogP contribution in [0.2, 0.25) is 0 Å². The second kappa shape index (κ2) is 6.55. The SMILES string of the molecule is CCN(c1ccc(C)cc1)C(CN)c1cc(Br)cs1. The minimum Gasteiger partial charge on any atom is -0.363 e. The van der Waals surface area contributed by atoms with Gasteiger partial charge in [-0.05, 0) is 48.0 Å². The van der Waals surface area contributed by atoms with Gasteiger partial charge in [-0.25, -0.2) is 0 Å². The summed E-state index contributed by atoms with van der Waals surface area (Å²) in [5, 5.41) is 2.11. The average molecular weight is 339 g/mol. The number of anilines is 1. The lowest BCUT2D eigenvalue weighted by Gasteiger charge is -2.31. The molecular weight excluding hydrogens is 320 g/mol. The molecule has 0 aliphatic heterocycles. The van der Waals surface area contributed by atoms with Crippen LogP contribution < -0.4 is 10.6 Å². The summed E-state index contributed by atoms with van der Waals surface area (Å²) in [6.45, 7) is 5.84. The molecule has 2 N–H and O–H groups in total. The molecule has 2 aromatic rings. The van der Waals surface area contributed by atoms with Gasteiger partial charge in [-0.15, -0.1) is 11.3 Å². The van der Waals surface area contributed by atoms with Crippen LogP contribution in [-0.2, 0) is 0 Å². The molecule has 0 fully saturated rings. The summed E-state index contributed by atoms with van der Waals surface area (Å²) in [5.74, 6) is 0. The number of likely N-dealkylation sites (N-methyl/N-ethyl adjacent to an activating group) is 1. The van der Waals surface area contributed by atoms with E-state index in [0.717, 1.165) is 11.0 Å². The maximum absolute atomic E-state index is 6.01. The van der Waals surface area contributed by atoms with Crippen LogP contribution in [-0.4, -0.2) is 13.1 Å². The van der Waals surface area contributed by atoms with Crippen LogP contribution in [0, 0.1) is 6.92 Å². The van der Waals surface area contributed by atoms with Gasteiger partial charge in [0.25, 0.3) is 0 Å². The van der Waals surface area contributed by atoms with Gasteiger partial charge < -0.3 is 10.6 Å². The first kappa shape index (κ1) is 14.6. The fourth-order valence-corrected chi connectivity index (χ4v) is 3.79. The minimum atomic E-state index is 0.240. The Hall–Kier alpha value is -0.840. The lowest BCUT2D eigenvalue weighted by molar-refractivity contribution is 0.653. The largest absolute Gasteiger partial charge is 0.363 e. The summed E-state index contributed by atoms with van der Waals surface area (Å²) < 4.78 is 1.13. The molecule has 0 saturated carbocycles. The maximum atomic E-state index is 6.01. The second-order valence-electron chi connectivity index (χ2n) is 4.54. The molecule has 102 valence electrons. The van der Waals surface area contributed by atoms with Crippen LogP contribution in [0.15, 0.2) is 40.2 Å². The van der Waals surface area contributed by atoms with Gasteiger partial charge in [0, 0.05) is 33.5 Å². The van der Waals surface area contributed by atoms with E-state index in [0.29, 0.717) is 6.54 Å². The van der Waals surface area contributed by atoms with Crippen LogP contribution in [0.25, 0.3) is 0 Å². The van der Waals surface area contributed by atoms with Crippen molar-refractivity contribution in [3.05, 3.63) is 50.6 Å². The highest BCUT2D eigenvalue weighted by molar-refractivity contribution is 9.10. The van der Waals surface area contributed by atoms with Gasteiger partial charge in [0.1, 0.15) is 0 Å². The minimum absolute atomic E-state index is 0.240. The summed E-state index contributed by atoms with van der Waals surface area (Å²) >= 11 is 5.27. The van der Waals surface area contributed by atoms with Gasteiger partial charge in [-0.2, -0.15) is 0 Å². The van der Waals surface area contributed by atoms with Gasteiger partial charge in [-0.1, -0.05) is 17.7 Å². The van der Waals surface area contributed by atoms with Gasteiger partial charge in [0.2, 0.25) is 0 Å². The topological polar surface area (TPSA) is 29.3 Å². The van der Waals surface area contributed by atoms with E-state index in [4.69, 9.17) is 5.73 Å². The number of benzene rings is 1. The van der Waals surface area contributed by atoms with Crippen molar-refractivity contribution in [2.45, 2.75) is 19.9 Å². The molecule has 2 rings (SSSR count). The fourth-order valence-electron chi connectivity index (χ4n) is 2.22. The molecule has 1 aromatic heterocycles. The summed E-state index contributed by atoms with van der Waals surface area (Å²) in [5.41, 5.74) is 8.52. The van der Waals surface area contributed by atoms with Crippen molar-refractivity contribution < 1.29 is 0 Å². The van der Waals surface area contributed by atoms with E-state index in [-0.39, 0.29) is 6.04 Å². The highest BCUT2D eigenvalue weighted by Gasteiger charge is 2.19. The predicted octanol–water partition coefficient (Wildman–Crippen LogP) is 4.35. The Morgan fingerprint density at radius 3 is 2.47 bits per heavy atom. The molecule has 19 heavy (non-hydrogen) atoms. The number of rotatable bonds is 5. The second-order valence-corrected chi connectivity index (χ2v) is 6.40. The van der Waals surface area contributed by atoms with E-state index in [1.807, 2.05) is 0 Å². The number of halogens is 1. The zero-order valence-electron chi connectivity index (χ0n) is 11.3. The first-order valence-corrected chi connectivity index (χ1v) is 8.10. The van der Waals surface area contributed by atoms with Crippen LogP contribution in [0.4, 0.5) is 5.69 Å². The van der Waals surface area contributed by atoms with Crippen molar-refractivity contribution >= 4 is 33.0 Å². The number of hydrogen-bond acceptors (Lipinski definition) is 3. The molecule has 0 radical (unpaired) electrons. The van der Waals surface area contributed by atoms with Crippen molar-refractivity contribution in [2.24, 2.45) is 5.73 Å². The normalized spacial score (nSPS) is 12.4. The fraction of sp³-hybridized carbons (Fsp3) is 0.333. The summed E-state index contributed by atoms with van der Waals surface area (Å²) in [6.07, 6.45) is 0.